The highest BCUT2D eigenvalue weighted by Crippen LogP contribution is 2.00. The predicted molar refractivity (Wildman–Crippen MR) is 56.4 cm³/mol. The molecule has 1 N–H and O–H groups in total. The van der Waals surface area contributed by atoms with E-state index in [4.69, 9.17) is 5.11 Å². The molecule has 0 aliphatic rings. The smallest absolute Gasteiger partial charge is 0.0563 e. The Balaban J connectivity index is 0. The summed E-state index contributed by atoms with van der Waals surface area (Å²) < 4.78 is 0. The summed E-state index contributed by atoms with van der Waals surface area (Å²) in [7, 11) is 0. The first-order valence-corrected chi connectivity index (χ1v) is 5.14. The molecule has 1 heteroatoms. The minimum Gasteiger partial charge on any atom is -0.391 e. The molecule has 0 fully saturated rings. The Bertz CT molecular complexity index is 61.6. The van der Waals surface area contributed by atoms with Gasteiger partial charge < -0.3 is 5.11 Å². The van der Waals surface area contributed by atoms with Crippen molar-refractivity contribution in [2.24, 2.45) is 0 Å². The van der Waals surface area contributed by atoms with Crippen molar-refractivity contribution in [1.29, 1.82) is 0 Å². The maximum Gasteiger partial charge on any atom is 0.0563 e. The Morgan fingerprint density at radius 1 is 0.833 bits per heavy atom. The van der Waals surface area contributed by atoms with Crippen LogP contribution in [-0.2, 0) is 0 Å². The van der Waals surface area contributed by atoms with Crippen LogP contribution in [-0.4, -0.2) is 10.7 Å². The van der Waals surface area contributed by atoms with E-state index in [-0.39, 0.29) is 0 Å². The molecule has 0 unspecified atom stereocenters. The van der Waals surface area contributed by atoms with E-state index in [0.29, 0.717) is 0 Å². The van der Waals surface area contributed by atoms with Crippen LogP contribution in [0.5, 0.6) is 0 Å². The van der Waals surface area contributed by atoms with E-state index in [1.807, 2.05) is 0 Å². The van der Waals surface area contributed by atoms with E-state index < -0.39 is 5.60 Å². The standard InChI is InChI=1S/C7H16.C4H10O/c1-3-5-7-6-4-2;1-4(2,3)5/h3-7H2,1-2H3;5H,1-3H3. The van der Waals surface area contributed by atoms with Crippen LogP contribution in [0, 0.1) is 0 Å². The Hall–Kier alpha value is -0.0400. The zero-order chi connectivity index (χ0) is 10.0. The summed E-state index contributed by atoms with van der Waals surface area (Å²) in [4.78, 5) is 0. The third-order valence-electron chi connectivity index (χ3n) is 1.21. The highest BCUT2D eigenvalue weighted by molar-refractivity contribution is 4.50. The Kier molecular flexibility index (Phi) is 10.9. The minimum atomic E-state index is -0.500. The molecule has 0 bridgehead atoms. The lowest BCUT2D eigenvalue weighted by atomic mass is 10.2. The molecule has 0 rings (SSSR count). The molecular formula is C11H26O. The molecule has 12 heavy (non-hydrogen) atoms. The van der Waals surface area contributed by atoms with Crippen LogP contribution in [0.2, 0.25) is 0 Å². The normalized spacial score (nSPS) is 10.5. The van der Waals surface area contributed by atoms with Crippen molar-refractivity contribution in [3.05, 3.63) is 0 Å². The van der Waals surface area contributed by atoms with E-state index in [0.717, 1.165) is 0 Å². The predicted octanol–water partition coefficient (Wildman–Crippen LogP) is 3.75. The number of hydrogen-bond acceptors (Lipinski definition) is 1. The minimum absolute atomic E-state index is 0.500. The van der Waals surface area contributed by atoms with Crippen LogP contribution in [0.15, 0.2) is 0 Å². The van der Waals surface area contributed by atoms with Crippen molar-refractivity contribution in [2.45, 2.75) is 72.3 Å². The summed E-state index contributed by atoms with van der Waals surface area (Å²) in [5.41, 5.74) is -0.500. The van der Waals surface area contributed by atoms with Gasteiger partial charge in [0.15, 0.2) is 0 Å². The molecule has 1 nitrogen and oxygen atoms in total. The molecule has 0 aliphatic carbocycles. The second-order valence-electron chi connectivity index (χ2n) is 4.23. The molecule has 0 aromatic carbocycles. The van der Waals surface area contributed by atoms with E-state index in [1.54, 1.807) is 20.8 Å². The molecule has 0 spiro atoms. The molecule has 0 radical (unpaired) electrons. The molecule has 0 atom stereocenters. The van der Waals surface area contributed by atoms with Crippen LogP contribution in [0.4, 0.5) is 0 Å². The molecule has 0 saturated carbocycles. The third kappa shape index (κ3) is 51.0. The van der Waals surface area contributed by atoms with Gasteiger partial charge in [-0.1, -0.05) is 46.0 Å². The average molecular weight is 174 g/mol. The van der Waals surface area contributed by atoms with Gasteiger partial charge >= 0.3 is 0 Å². The summed E-state index contributed by atoms with van der Waals surface area (Å²) >= 11 is 0. The van der Waals surface area contributed by atoms with E-state index in [2.05, 4.69) is 13.8 Å². The quantitative estimate of drug-likeness (QED) is 0.643. The maximum atomic E-state index is 8.52. The molecule has 0 aromatic heterocycles. The first kappa shape index (κ1) is 14.5. The van der Waals surface area contributed by atoms with Crippen molar-refractivity contribution in [3.63, 3.8) is 0 Å². The molecule has 0 saturated heterocycles. The summed E-state index contributed by atoms with van der Waals surface area (Å²) in [6.45, 7) is 9.72. The second-order valence-corrected chi connectivity index (χ2v) is 4.23. The van der Waals surface area contributed by atoms with Crippen molar-refractivity contribution >= 4 is 0 Å². The monoisotopic (exact) mass is 174 g/mol. The van der Waals surface area contributed by atoms with Crippen LogP contribution < -0.4 is 0 Å². The van der Waals surface area contributed by atoms with Crippen molar-refractivity contribution in [2.75, 3.05) is 0 Å². The Labute approximate surface area is 78.2 Å². The van der Waals surface area contributed by atoms with Gasteiger partial charge in [0.25, 0.3) is 0 Å². The number of unbranched alkanes of at least 4 members (excludes halogenated alkanes) is 4. The largest absolute Gasteiger partial charge is 0.391 e. The van der Waals surface area contributed by atoms with E-state index in [1.165, 1.54) is 32.1 Å². The number of aliphatic hydroxyl groups is 1. The van der Waals surface area contributed by atoms with Crippen molar-refractivity contribution in [1.82, 2.24) is 0 Å². The van der Waals surface area contributed by atoms with Crippen LogP contribution in [0.25, 0.3) is 0 Å². The topological polar surface area (TPSA) is 20.2 Å². The van der Waals surface area contributed by atoms with Crippen LogP contribution in [0.3, 0.4) is 0 Å². The SMILES string of the molecule is CC(C)(C)O.CCCCCCC. The number of hydrogen-bond donors (Lipinski definition) is 1. The van der Waals surface area contributed by atoms with E-state index >= 15 is 0 Å². The van der Waals surface area contributed by atoms with Gasteiger partial charge in [0.2, 0.25) is 0 Å². The lowest BCUT2D eigenvalue weighted by Gasteiger charge is -2.04. The Morgan fingerprint density at radius 3 is 1.25 bits per heavy atom. The summed E-state index contributed by atoms with van der Waals surface area (Å²) in [6, 6.07) is 0. The fourth-order valence-electron chi connectivity index (χ4n) is 0.677. The highest BCUT2D eigenvalue weighted by atomic mass is 16.3. The van der Waals surface area contributed by atoms with Crippen LogP contribution in [0.1, 0.15) is 66.7 Å². The first-order chi connectivity index (χ1) is 5.41. The van der Waals surface area contributed by atoms with Gasteiger partial charge in [0.1, 0.15) is 0 Å². The summed E-state index contributed by atoms with van der Waals surface area (Å²) in [6.07, 6.45) is 7.01. The molecule has 0 aliphatic heterocycles. The summed E-state index contributed by atoms with van der Waals surface area (Å²) in [5.74, 6) is 0. The van der Waals surface area contributed by atoms with Gasteiger partial charge in [0, 0.05) is 0 Å². The first-order valence-electron chi connectivity index (χ1n) is 5.14. The number of rotatable bonds is 4. The second kappa shape index (κ2) is 9.05. The third-order valence-corrected chi connectivity index (χ3v) is 1.21. The van der Waals surface area contributed by atoms with E-state index in [9.17, 15) is 0 Å². The van der Waals surface area contributed by atoms with Gasteiger partial charge in [-0.05, 0) is 20.8 Å². The van der Waals surface area contributed by atoms with Gasteiger partial charge in [-0.2, -0.15) is 0 Å². The molecular weight excluding hydrogens is 148 g/mol. The van der Waals surface area contributed by atoms with Crippen LogP contribution >= 0.6 is 0 Å². The lowest BCUT2D eigenvalue weighted by molar-refractivity contribution is 0.102. The van der Waals surface area contributed by atoms with Crippen molar-refractivity contribution in [3.8, 4) is 0 Å². The molecule has 76 valence electrons. The molecule has 0 amide bonds. The van der Waals surface area contributed by atoms with Gasteiger partial charge in [-0.3, -0.25) is 0 Å². The zero-order valence-electron chi connectivity index (χ0n) is 9.48. The molecule has 0 heterocycles. The van der Waals surface area contributed by atoms with Gasteiger partial charge in [-0.15, -0.1) is 0 Å². The molecule has 0 aromatic rings. The maximum absolute atomic E-state index is 8.52. The van der Waals surface area contributed by atoms with Gasteiger partial charge in [-0.25, -0.2) is 0 Å². The fraction of sp³-hybridized carbons (Fsp3) is 1.00. The summed E-state index contributed by atoms with van der Waals surface area (Å²) in [5, 5.41) is 8.52. The van der Waals surface area contributed by atoms with Crippen molar-refractivity contribution < 1.29 is 5.11 Å². The fourth-order valence-corrected chi connectivity index (χ4v) is 0.677. The van der Waals surface area contributed by atoms with Gasteiger partial charge in [0.05, 0.1) is 5.60 Å². The highest BCUT2D eigenvalue weighted by Gasteiger charge is 1.97. The Morgan fingerprint density at radius 2 is 1.08 bits per heavy atom. The zero-order valence-corrected chi connectivity index (χ0v) is 9.48. The lowest BCUT2D eigenvalue weighted by Crippen LogP contribution is -2.10. The average Bonchev–Trinajstić information content (AvgIpc) is 1.85.